The third-order valence-electron chi connectivity index (χ3n) is 3.48. The molecule has 0 radical (unpaired) electrons. The number of carbonyl (C=O) groups is 1. The van der Waals surface area contributed by atoms with E-state index in [4.69, 9.17) is 5.11 Å². The van der Waals surface area contributed by atoms with E-state index in [1.165, 1.54) is 41.2 Å². The summed E-state index contributed by atoms with van der Waals surface area (Å²) in [7, 11) is 0. The van der Waals surface area contributed by atoms with E-state index in [1.807, 2.05) is 22.6 Å². The van der Waals surface area contributed by atoms with Gasteiger partial charge in [-0.2, -0.15) is 5.10 Å². The number of pyridine rings is 1. The average Bonchev–Trinajstić information content (AvgIpc) is 2.96. The molecule has 0 spiro atoms. The summed E-state index contributed by atoms with van der Waals surface area (Å²) in [5.41, 5.74) is 1.17. The molecule has 0 fully saturated rings. The number of hydrogen-bond acceptors (Lipinski definition) is 5. The second kappa shape index (κ2) is 7.68. The summed E-state index contributed by atoms with van der Waals surface area (Å²) < 4.78 is 42.6. The van der Waals surface area contributed by atoms with Gasteiger partial charge in [-0.3, -0.25) is 4.79 Å². The van der Waals surface area contributed by atoms with Gasteiger partial charge in [0, 0.05) is 12.7 Å². The van der Waals surface area contributed by atoms with Crippen LogP contribution in [0, 0.1) is 3.70 Å². The van der Waals surface area contributed by atoms with Gasteiger partial charge in [-0.05, 0) is 52.9 Å². The maximum atomic E-state index is 12.3. The number of alkyl halides is 3. The second-order valence-corrected chi connectivity index (χ2v) is 6.30. The van der Waals surface area contributed by atoms with Gasteiger partial charge in [-0.25, -0.2) is 9.67 Å². The molecule has 0 bridgehead atoms. The lowest BCUT2D eigenvalue weighted by atomic mass is 10.2. The van der Waals surface area contributed by atoms with Gasteiger partial charge in [0.05, 0.1) is 23.2 Å². The van der Waals surface area contributed by atoms with Crippen LogP contribution in [-0.4, -0.2) is 45.3 Å². The van der Waals surface area contributed by atoms with Crippen molar-refractivity contribution in [1.29, 1.82) is 0 Å². The van der Waals surface area contributed by atoms with Gasteiger partial charge in [0.2, 0.25) is 0 Å². The normalized spacial score (nSPS) is 11.6. The van der Waals surface area contributed by atoms with Gasteiger partial charge in [-0.15, -0.1) is 13.2 Å². The SMILES string of the molecule is O=C(NCCO)c1ccnc2c1c(I)nn2-c1ccc(OC(F)(F)F)cc1. The highest BCUT2D eigenvalue weighted by Gasteiger charge is 2.31. The number of aromatic nitrogens is 3. The highest BCUT2D eigenvalue weighted by molar-refractivity contribution is 14.1. The zero-order valence-electron chi connectivity index (χ0n) is 13.5. The lowest BCUT2D eigenvalue weighted by Gasteiger charge is -2.09. The minimum atomic E-state index is -4.77. The predicted molar refractivity (Wildman–Crippen MR) is 97.7 cm³/mol. The summed E-state index contributed by atoms with van der Waals surface area (Å²) in [6.07, 6.45) is -3.33. The van der Waals surface area contributed by atoms with Crippen LogP contribution in [0.15, 0.2) is 36.5 Å². The quantitative estimate of drug-likeness (QED) is 0.535. The molecule has 7 nitrogen and oxygen atoms in total. The van der Waals surface area contributed by atoms with Crippen molar-refractivity contribution in [2.24, 2.45) is 0 Å². The maximum Gasteiger partial charge on any atom is 0.573 e. The average molecular weight is 492 g/mol. The number of aliphatic hydroxyl groups is 1. The number of ether oxygens (including phenoxy) is 1. The standard InChI is InChI=1S/C16H12F3IN4O3/c17-16(18,19)27-10-3-1-9(2-4-10)24-14-12(13(20)23-24)11(5-6-21-14)15(26)22-7-8-25/h1-6,25H,7-8H2,(H,22,26). The van der Waals surface area contributed by atoms with E-state index in [2.05, 4.69) is 20.1 Å². The molecule has 0 saturated heterocycles. The Morgan fingerprint density at radius 2 is 1.96 bits per heavy atom. The first-order chi connectivity index (χ1) is 12.8. The van der Waals surface area contributed by atoms with Crippen molar-refractivity contribution in [1.82, 2.24) is 20.1 Å². The van der Waals surface area contributed by atoms with Gasteiger partial charge in [0.25, 0.3) is 5.91 Å². The number of aliphatic hydroxyl groups excluding tert-OH is 1. The zero-order valence-corrected chi connectivity index (χ0v) is 15.7. The van der Waals surface area contributed by atoms with Crippen LogP contribution in [0.3, 0.4) is 0 Å². The Bertz CT molecular complexity index is 973. The van der Waals surface area contributed by atoms with Crippen LogP contribution >= 0.6 is 22.6 Å². The second-order valence-electron chi connectivity index (χ2n) is 5.28. The van der Waals surface area contributed by atoms with E-state index in [1.54, 1.807) is 0 Å². The molecule has 0 aliphatic rings. The van der Waals surface area contributed by atoms with Crippen LogP contribution < -0.4 is 10.1 Å². The monoisotopic (exact) mass is 492 g/mol. The van der Waals surface area contributed by atoms with Crippen molar-refractivity contribution in [2.75, 3.05) is 13.2 Å². The van der Waals surface area contributed by atoms with E-state index in [0.717, 1.165) is 0 Å². The lowest BCUT2D eigenvalue weighted by molar-refractivity contribution is -0.274. The summed E-state index contributed by atoms with van der Waals surface area (Å²) >= 11 is 1.95. The van der Waals surface area contributed by atoms with E-state index in [9.17, 15) is 18.0 Å². The van der Waals surface area contributed by atoms with Gasteiger partial charge >= 0.3 is 6.36 Å². The molecule has 142 valence electrons. The van der Waals surface area contributed by atoms with Crippen LogP contribution in [0.25, 0.3) is 16.7 Å². The van der Waals surface area contributed by atoms with Gasteiger partial charge in [-0.1, -0.05) is 0 Å². The highest BCUT2D eigenvalue weighted by atomic mass is 127. The summed E-state index contributed by atoms with van der Waals surface area (Å²) in [4.78, 5) is 16.5. The predicted octanol–water partition coefficient (Wildman–Crippen LogP) is 2.65. The molecule has 0 atom stereocenters. The Labute approximate surface area is 164 Å². The molecule has 2 aromatic heterocycles. The largest absolute Gasteiger partial charge is 0.573 e. The molecule has 11 heteroatoms. The molecule has 0 unspecified atom stereocenters. The Morgan fingerprint density at radius 1 is 1.26 bits per heavy atom. The van der Waals surface area contributed by atoms with E-state index < -0.39 is 6.36 Å². The van der Waals surface area contributed by atoms with E-state index in [0.29, 0.717) is 26.0 Å². The Morgan fingerprint density at radius 3 is 2.59 bits per heavy atom. The number of halogens is 4. The molecule has 2 N–H and O–H groups in total. The summed E-state index contributed by atoms with van der Waals surface area (Å²) in [5, 5.41) is 16.3. The van der Waals surface area contributed by atoms with Crippen LogP contribution in [0.5, 0.6) is 5.75 Å². The summed E-state index contributed by atoms with van der Waals surface area (Å²) in [5.74, 6) is -0.739. The minimum Gasteiger partial charge on any atom is -0.406 e. The van der Waals surface area contributed by atoms with Crippen molar-refractivity contribution >= 4 is 39.5 Å². The number of rotatable bonds is 5. The first kappa shape index (κ1) is 19.4. The van der Waals surface area contributed by atoms with Crippen molar-refractivity contribution in [3.63, 3.8) is 0 Å². The van der Waals surface area contributed by atoms with Crippen molar-refractivity contribution in [3.8, 4) is 11.4 Å². The van der Waals surface area contributed by atoms with Crippen LogP contribution in [-0.2, 0) is 0 Å². The third-order valence-corrected chi connectivity index (χ3v) is 4.24. The molecule has 3 rings (SSSR count). The maximum absolute atomic E-state index is 12.3. The topological polar surface area (TPSA) is 89.3 Å². The van der Waals surface area contributed by atoms with E-state index >= 15 is 0 Å². The number of nitrogens with zero attached hydrogens (tertiary/aromatic N) is 3. The third kappa shape index (κ3) is 4.30. The number of hydrogen-bond donors (Lipinski definition) is 2. The lowest BCUT2D eigenvalue weighted by Crippen LogP contribution is -2.26. The van der Waals surface area contributed by atoms with Gasteiger partial charge in [0.1, 0.15) is 9.45 Å². The summed E-state index contributed by atoms with van der Waals surface area (Å²) in [6.45, 7) is -0.0866. The number of amides is 1. The van der Waals surface area contributed by atoms with Crippen molar-refractivity contribution in [2.45, 2.75) is 6.36 Å². The summed E-state index contributed by atoms with van der Waals surface area (Å²) in [6, 6.07) is 6.68. The fraction of sp³-hybridized carbons (Fsp3) is 0.188. The fourth-order valence-corrected chi connectivity index (χ4v) is 3.17. The highest BCUT2D eigenvalue weighted by Crippen LogP contribution is 2.27. The molecule has 0 saturated carbocycles. The molecule has 2 heterocycles. The molecule has 0 aliphatic heterocycles. The molecule has 0 aliphatic carbocycles. The fourth-order valence-electron chi connectivity index (χ4n) is 2.42. The number of fused-ring (bicyclic) bond motifs is 1. The zero-order chi connectivity index (χ0) is 19.6. The Hall–Kier alpha value is -2.41. The first-order valence-electron chi connectivity index (χ1n) is 7.58. The van der Waals surface area contributed by atoms with Crippen LogP contribution in [0.1, 0.15) is 10.4 Å². The number of benzene rings is 1. The van der Waals surface area contributed by atoms with E-state index in [-0.39, 0.29) is 24.8 Å². The van der Waals surface area contributed by atoms with Gasteiger partial charge < -0.3 is 15.2 Å². The Balaban J connectivity index is 2.00. The smallest absolute Gasteiger partial charge is 0.406 e. The Kier molecular flexibility index (Phi) is 5.51. The molecule has 3 aromatic rings. The van der Waals surface area contributed by atoms with Crippen molar-refractivity contribution in [3.05, 3.63) is 45.8 Å². The first-order valence-corrected chi connectivity index (χ1v) is 8.66. The van der Waals surface area contributed by atoms with Crippen LogP contribution in [0.4, 0.5) is 13.2 Å². The molecule has 1 amide bonds. The molecule has 1 aromatic carbocycles. The minimum absolute atomic E-state index is 0.105. The van der Waals surface area contributed by atoms with Gasteiger partial charge in [0.15, 0.2) is 5.65 Å². The molecular weight excluding hydrogens is 480 g/mol. The number of nitrogens with one attached hydrogen (secondary N) is 1. The number of carbonyl (C=O) groups excluding carboxylic acids is 1. The van der Waals surface area contributed by atoms with Crippen molar-refractivity contribution < 1.29 is 27.8 Å². The van der Waals surface area contributed by atoms with Crippen LogP contribution in [0.2, 0.25) is 0 Å². The molecular formula is C16H12F3IN4O3. The molecule has 27 heavy (non-hydrogen) atoms.